The standard InChI is InChI=1S/C8H3F2IN2O/c9-4-2-1-3-5(10)6(4)7-12-13-8(11)14-7/h1-3H. The molecule has 2 rings (SSSR count). The molecule has 14 heavy (non-hydrogen) atoms. The molecule has 72 valence electrons. The summed E-state index contributed by atoms with van der Waals surface area (Å²) in [5.41, 5.74) is -0.289. The van der Waals surface area contributed by atoms with Crippen LogP contribution in [-0.4, -0.2) is 10.2 Å². The van der Waals surface area contributed by atoms with Gasteiger partial charge in [0.2, 0.25) is 0 Å². The fourth-order valence-corrected chi connectivity index (χ4v) is 1.32. The Bertz CT molecular complexity index is 452. The quantitative estimate of drug-likeness (QED) is 0.760. The predicted octanol–water partition coefficient (Wildman–Crippen LogP) is 2.62. The third kappa shape index (κ3) is 1.61. The Morgan fingerprint density at radius 2 is 1.79 bits per heavy atom. The van der Waals surface area contributed by atoms with Crippen LogP contribution in [0.5, 0.6) is 0 Å². The molecule has 3 nitrogen and oxygen atoms in total. The molecule has 6 heteroatoms. The number of halogens is 3. The lowest BCUT2D eigenvalue weighted by Crippen LogP contribution is -1.89. The molecule has 0 bridgehead atoms. The zero-order valence-electron chi connectivity index (χ0n) is 6.67. The van der Waals surface area contributed by atoms with Crippen LogP contribution in [0.15, 0.2) is 22.6 Å². The minimum atomic E-state index is -0.718. The zero-order valence-corrected chi connectivity index (χ0v) is 8.83. The molecule has 0 N–H and O–H groups in total. The SMILES string of the molecule is Fc1cccc(F)c1-c1nnc(I)o1. The number of rotatable bonds is 1. The van der Waals surface area contributed by atoms with Crippen molar-refractivity contribution in [3.05, 3.63) is 33.7 Å². The Labute approximate surface area is 91.3 Å². The van der Waals surface area contributed by atoms with Gasteiger partial charge in [0.1, 0.15) is 17.2 Å². The molecule has 0 unspecified atom stereocenters. The highest BCUT2D eigenvalue weighted by Crippen LogP contribution is 2.24. The molecule has 0 aliphatic heterocycles. The van der Waals surface area contributed by atoms with Gasteiger partial charge in [0.15, 0.2) is 0 Å². The third-order valence-electron chi connectivity index (χ3n) is 1.58. The summed E-state index contributed by atoms with van der Waals surface area (Å²) in [6, 6.07) is 3.54. The van der Waals surface area contributed by atoms with E-state index >= 15 is 0 Å². The number of hydrogen-bond acceptors (Lipinski definition) is 3. The van der Waals surface area contributed by atoms with E-state index in [2.05, 4.69) is 10.2 Å². The monoisotopic (exact) mass is 308 g/mol. The number of aromatic nitrogens is 2. The molecule has 0 fully saturated rings. The van der Waals surface area contributed by atoms with E-state index in [0.717, 1.165) is 12.1 Å². The van der Waals surface area contributed by atoms with E-state index < -0.39 is 11.6 Å². The van der Waals surface area contributed by atoms with Gasteiger partial charge in [-0.2, -0.15) is 0 Å². The highest BCUT2D eigenvalue weighted by atomic mass is 127. The van der Waals surface area contributed by atoms with E-state index in [1.54, 1.807) is 22.6 Å². The highest BCUT2D eigenvalue weighted by molar-refractivity contribution is 14.1. The maximum atomic E-state index is 13.2. The largest absolute Gasteiger partial charge is 0.411 e. The first kappa shape index (κ1) is 9.50. The molecule has 0 spiro atoms. The first-order chi connectivity index (χ1) is 6.68. The van der Waals surface area contributed by atoms with Crippen molar-refractivity contribution in [1.29, 1.82) is 0 Å². The van der Waals surface area contributed by atoms with Crippen molar-refractivity contribution in [3.63, 3.8) is 0 Å². The van der Waals surface area contributed by atoms with Crippen LogP contribution in [0.3, 0.4) is 0 Å². The topological polar surface area (TPSA) is 38.9 Å². The number of hydrogen-bond donors (Lipinski definition) is 0. The van der Waals surface area contributed by atoms with Crippen molar-refractivity contribution in [2.75, 3.05) is 0 Å². The molecule has 0 aliphatic carbocycles. The lowest BCUT2D eigenvalue weighted by molar-refractivity contribution is 0.518. The van der Waals surface area contributed by atoms with Gasteiger partial charge in [0, 0.05) is 22.6 Å². The van der Waals surface area contributed by atoms with Gasteiger partial charge in [0.05, 0.1) is 0 Å². The van der Waals surface area contributed by atoms with Gasteiger partial charge in [-0.1, -0.05) is 6.07 Å². The molecule has 1 heterocycles. The molecular formula is C8H3F2IN2O. The van der Waals surface area contributed by atoms with Crippen LogP contribution >= 0.6 is 22.6 Å². The summed E-state index contributed by atoms with van der Waals surface area (Å²) in [4.78, 5) is 0. The fourth-order valence-electron chi connectivity index (χ4n) is 1.01. The molecule has 2 aromatic rings. The van der Waals surface area contributed by atoms with E-state index in [4.69, 9.17) is 4.42 Å². The van der Waals surface area contributed by atoms with E-state index in [0.29, 0.717) is 0 Å². The van der Waals surface area contributed by atoms with Crippen molar-refractivity contribution in [2.45, 2.75) is 0 Å². The van der Waals surface area contributed by atoms with Gasteiger partial charge in [0.25, 0.3) is 9.79 Å². The third-order valence-corrected chi connectivity index (χ3v) is 2.01. The second-order valence-electron chi connectivity index (χ2n) is 2.46. The second-order valence-corrected chi connectivity index (χ2v) is 3.38. The maximum Gasteiger partial charge on any atom is 0.278 e. The summed E-state index contributed by atoms with van der Waals surface area (Å²) >= 11 is 1.77. The normalized spacial score (nSPS) is 10.5. The van der Waals surface area contributed by atoms with Gasteiger partial charge in [-0.3, -0.25) is 0 Å². The van der Waals surface area contributed by atoms with E-state index in [1.807, 2.05) is 0 Å². The Hall–Kier alpha value is -1.05. The maximum absolute atomic E-state index is 13.2. The molecule has 0 atom stereocenters. The summed E-state index contributed by atoms with van der Waals surface area (Å²) in [5.74, 6) is -1.58. The Morgan fingerprint density at radius 3 is 2.29 bits per heavy atom. The summed E-state index contributed by atoms with van der Waals surface area (Å²) < 4.78 is 31.5. The first-order valence-electron chi connectivity index (χ1n) is 3.62. The molecule has 0 saturated carbocycles. The van der Waals surface area contributed by atoms with Crippen molar-refractivity contribution in [3.8, 4) is 11.5 Å². The van der Waals surface area contributed by atoms with Crippen molar-refractivity contribution >= 4 is 22.6 Å². The van der Waals surface area contributed by atoms with Gasteiger partial charge < -0.3 is 4.42 Å². The number of nitrogens with zero attached hydrogens (tertiary/aromatic N) is 2. The molecule has 0 radical (unpaired) electrons. The lowest BCUT2D eigenvalue weighted by atomic mass is 10.2. The Kier molecular flexibility index (Phi) is 2.44. The zero-order chi connectivity index (χ0) is 10.1. The predicted molar refractivity (Wildman–Crippen MR) is 52.4 cm³/mol. The average Bonchev–Trinajstić information content (AvgIpc) is 2.51. The minimum absolute atomic E-state index is 0.148. The van der Waals surface area contributed by atoms with E-state index in [9.17, 15) is 8.78 Å². The molecule has 1 aromatic carbocycles. The Morgan fingerprint density at radius 1 is 1.14 bits per heavy atom. The molecular weight excluding hydrogens is 305 g/mol. The van der Waals surface area contributed by atoms with Crippen molar-refractivity contribution in [2.24, 2.45) is 0 Å². The summed E-state index contributed by atoms with van der Waals surface area (Å²) in [5, 5.41) is 7.02. The summed E-state index contributed by atoms with van der Waals surface area (Å²) in [7, 11) is 0. The van der Waals surface area contributed by atoms with Gasteiger partial charge in [-0.15, -0.1) is 10.2 Å². The molecule has 0 amide bonds. The van der Waals surface area contributed by atoms with E-state index in [1.165, 1.54) is 6.07 Å². The van der Waals surface area contributed by atoms with Crippen LogP contribution in [0.1, 0.15) is 0 Å². The molecule has 1 aromatic heterocycles. The van der Waals surface area contributed by atoms with Gasteiger partial charge in [-0.05, 0) is 12.1 Å². The second kappa shape index (κ2) is 3.60. The van der Waals surface area contributed by atoms with Crippen LogP contribution in [-0.2, 0) is 0 Å². The van der Waals surface area contributed by atoms with Crippen molar-refractivity contribution < 1.29 is 13.2 Å². The molecule has 0 saturated heterocycles. The van der Waals surface area contributed by atoms with Gasteiger partial charge >= 0.3 is 0 Å². The molecule has 0 aliphatic rings. The van der Waals surface area contributed by atoms with Crippen LogP contribution in [0.25, 0.3) is 11.5 Å². The van der Waals surface area contributed by atoms with Crippen LogP contribution < -0.4 is 0 Å². The van der Waals surface area contributed by atoms with Crippen molar-refractivity contribution in [1.82, 2.24) is 10.2 Å². The number of benzene rings is 1. The smallest absolute Gasteiger partial charge is 0.278 e. The first-order valence-corrected chi connectivity index (χ1v) is 4.70. The van der Waals surface area contributed by atoms with Crippen LogP contribution in [0.2, 0.25) is 0 Å². The summed E-state index contributed by atoms with van der Waals surface area (Å²) in [6.07, 6.45) is 0. The van der Waals surface area contributed by atoms with Crippen LogP contribution in [0, 0.1) is 15.5 Å². The highest BCUT2D eigenvalue weighted by Gasteiger charge is 2.16. The van der Waals surface area contributed by atoms with Gasteiger partial charge in [-0.25, -0.2) is 8.78 Å². The fraction of sp³-hybridized carbons (Fsp3) is 0. The lowest BCUT2D eigenvalue weighted by Gasteiger charge is -1.97. The Balaban J connectivity index is 2.61. The van der Waals surface area contributed by atoms with Crippen LogP contribution in [0.4, 0.5) is 8.78 Å². The summed E-state index contributed by atoms with van der Waals surface area (Å²) in [6.45, 7) is 0. The minimum Gasteiger partial charge on any atom is -0.411 e. The van der Waals surface area contributed by atoms with E-state index in [-0.39, 0.29) is 15.4 Å². The average molecular weight is 308 g/mol.